The second-order valence-corrected chi connectivity index (χ2v) is 9.63. The molecule has 0 saturated carbocycles. The monoisotopic (exact) mass is 441 g/mol. The molecule has 1 aromatic carbocycles. The maximum Gasteiger partial charge on any atom is 0.164 e. The molecule has 0 amide bonds. The van der Waals surface area contributed by atoms with Crippen LogP contribution < -0.4 is 0 Å². The Hall–Kier alpha value is -2.03. The molecule has 31 heavy (non-hydrogen) atoms. The summed E-state index contributed by atoms with van der Waals surface area (Å²) in [6.45, 7) is 5.55. The molecule has 0 radical (unpaired) electrons. The molecule has 4 heterocycles. The van der Waals surface area contributed by atoms with Gasteiger partial charge in [0.15, 0.2) is 12.0 Å². The maximum atomic E-state index is 11.7. The van der Waals surface area contributed by atoms with Crippen LogP contribution in [0.3, 0.4) is 0 Å². The zero-order chi connectivity index (χ0) is 21.5. The van der Waals surface area contributed by atoms with Crippen LogP contribution in [0.25, 0.3) is 11.0 Å². The van der Waals surface area contributed by atoms with E-state index in [0.29, 0.717) is 10.8 Å². The molecule has 5 atom stereocenters. The average molecular weight is 442 g/mol. The summed E-state index contributed by atoms with van der Waals surface area (Å²) in [6, 6.07) is 8.03. The molecule has 3 aliphatic rings. The minimum atomic E-state index is -1.26. The van der Waals surface area contributed by atoms with Gasteiger partial charge in [-0.15, -0.1) is 0 Å². The van der Waals surface area contributed by atoms with Crippen molar-refractivity contribution in [1.82, 2.24) is 14.5 Å². The highest BCUT2D eigenvalue weighted by Crippen LogP contribution is 2.49. The number of halogens is 1. The van der Waals surface area contributed by atoms with E-state index >= 15 is 0 Å². The van der Waals surface area contributed by atoms with Crippen molar-refractivity contribution in [3.8, 4) is 0 Å². The van der Waals surface area contributed by atoms with Crippen molar-refractivity contribution in [2.24, 2.45) is 0 Å². The highest BCUT2D eigenvalue weighted by atomic mass is 35.5. The van der Waals surface area contributed by atoms with Crippen molar-refractivity contribution in [2.45, 2.75) is 69.5 Å². The Morgan fingerprint density at radius 2 is 1.90 bits per heavy atom. The van der Waals surface area contributed by atoms with Crippen molar-refractivity contribution in [1.29, 1.82) is 0 Å². The molecule has 1 aliphatic carbocycles. The first-order chi connectivity index (χ1) is 14.7. The van der Waals surface area contributed by atoms with Crippen LogP contribution in [0.5, 0.6) is 0 Å². The maximum absolute atomic E-state index is 11.7. The molecular formula is C23H24ClN3O4. The summed E-state index contributed by atoms with van der Waals surface area (Å²) in [4.78, 5) is 8.46. The van der Waals surface area contributed by atoms with Crippen molar-refractivity contribution in [2.75, 3.05) is 0 Å². The van der Waals surface area contributed by atoms with Gasteiger partial charge in [-0.05, 0) is 56.4 Å². The first-order valence-electron chi connectivity index (χ1n) is 10.6. The van der Waals surface area contributed by atoms with Crippen molar-refractivity contribution < 1.29 is 19.3 Å². The molecule has 2 aliphatic heterocycles. The Bertz CT molecular complexity index is 1190. The largest absolute Gasteiger partial charge is 0.383 e. The lowest BCUT2D eigenvalue weighted by Crippen LogP contribution is -2.45. The SMILES string of the molecule is CC1(C)O[C@@H]2[C@@H](O1)[C@@H](C(C)(O)c1ccc3c(c1)CC3)O[C@H]2n1ccc2c(Cl)ncnc21. The molecule has 2 fully saturated rings. The number of aryl methyl sites for hydroxylation is 2. The van der Waals surface area contributed by atoms with E-state index in [2.05, 4.69) is 22.1 Å². The van der Waals surface area contributed by atoms with Gasteiger partial charge in [0.05, 0.1) is 5.39 Å². The van der Waals surface area contributed by atoms with Crippen LogP contribution in [0.4, 0.5) is 0 Å². The van der Waals surface area contributed by atoms with Gasteiger partial charge >= 0.3 is 0 Å². The topological polar surface area (TPSA) is 78.6 Å². The molecule has 0 spiro atoms. The summed E-state index contributed by atoms with van der Waals surface area (Å²) in [6.07, 6.45) is 3.42. The van der Waals surface area contributed by atoms with Crippen molar-refractivity contribution >= 4 is 22.6 Å². The summed E-state index contributed by atoms with van der Waals surface area (Å²) in [7, 11) is 0. The minimum absolute atomic E-state index is 0.382. The fourth-order valence-electron chi connectivity index (χ4n) is 5.07. The third-order valence-electron chi connectivity index (χ3n) is 6.77. The zero-order valence-electron chi connectivity index (χ0n) is 17.6. The number of hydrogen-bond donors (Lipinski definition) is 1. The van der Waals surface area contributed by atoms with Gasteiger partial charge in [-0.25, -0.2) is 9.97 Å². The van der Waals surface area contributed by atoms with Gasteiger partial charge in [0.25, 0.3) is 0 Å². The van der Waals surface area contributed by atoms with Crippen LogP contribution in [-0.2, 0) is 32.7 Å². The van der Waals surface area contributed by atoms with Crippen LogP contribution >= 0.6 is 11.6 Å². The second-order valence-electron chi connectivity index (χ2n) is 9.27. The molecule has 1 N–H and O–H groups in total. The van der Waals surface area contributed by atoms with E-state index in [1.54, 1.807) is 6.92 Å². The second kappa shape index (κ2) is 6.49. The van der Waals surface area contributed by atoms with E-state index in [-0.39, 0.29) is 0 Å². The van der Waals surface area contributed by atoms with Crippen LogP contribution in [0, 0.1) is 0 Å². The number of benzene rings is 1. The van der Waals surface area contributed by atoms with E-state index in [1.165, 1.54) is 17.5 Å². The molecule has 6 rings (SSSR count). The van der Waals surface area contributed by atoms with Gasteiger partial charge in [0.2, 0.25) is 0 Å². The third kappa shape index (κ3) is 2.88. The number of ether oxygens (including phenoxy) is 3. The molecule has 2 saturated heterocycles. The molecule has 0 bridgehead atoms. The Labute approximate surface area is 184 Å². The minimum Gasteiger partial charge on any atom is -0.383 e. The first kappa shape index (κ1) is 19.6. The first-order valence-corrected chi connectivity index (χ1v) is 11.0. The zero-order valence-corrected chi connectivity index (χ0v) is 18.3. The Morgan fingerprint density at radius 3 is 2.65 bits per heavy atom. The summed E-state index contributed by atoms with van der Waals surface area (Å²) < 4.78 is 20.9. The third-order valence-corrected chi connectivity index (χ3v) is 7.07. The van der Waals surface area contributed by atoms with Gasteiger partial charge in [-0.2, -0.15) is 0 Å². The molecule has 2 aromatic heterocycles. The smallest absolute Gasteiger partial charge is 0.164 e. The van der Waals surface area contributed by atoms with Gasteiger partial charge < -0.3 is 23.9 Å². The number of nitrogens with zero attached hydrogens (tertiary/aromatic N) is 3. The van der Waals surface area contributed by atoms with E-state index < -0.39 is 35.9 Å². The number of hydrogen-bond acceptors (Lipinski definition) is 6. The molecule has 8 heteroatoms. The highest BCUT2D eigenvalue weighted by molar-refractivity contribution is 6.33. The van der Waals surface area contributed by atoms with Crippen molar-refractivity contribution in [3.05, 3.63) is 58.6 Å². The molecule has 3 aromatic rings. The summed E-state index contributed by atoms with van der Waals surface area (Å²) in [5, 5.41) is 12.8. The fraction of sp³-hybridized carbons (Fsp3) is 0.478. The van der Waals surface area contributed by atoms with Crippen molar-refractivity contribution in [3.63, 3.8) is 0 Å². The molecule has 1 unspecified atom stereocenters. The van der Waals surface area contributed by atoms with Crippen LogP contribution in [-0.4, -0.2) is 43.7 Å². The Balaban J connectivity index is 1.42. The van der Waals surface area contributed by atoms with Gasteiger partial charge in [-0.3, -0.25) is 0 Å². The average Bonchev–Trinajstić information content (AvgIpc) is 3.34. The van der Waals surface area contributed by atoms with Crippen LogP contribution in [0.1, 0.15) is 43.7 Å². The number of rotatable bonds is 3. The van der Waals surface area contributed by atoms with E-state index in [4.69, 9.17) is 25.8 Å². The molecule has 7 nitrogen and oxygen atoms in total. The number of aliphatic hydroxyl groups is 1. The number of fused-ring (bicyclic) bond motifs is 3. The molecule has 162 valence electrons. The standard InChI is InChI=1S/C23H24ClN3O4/c1-22(2)30-16-17(31-22)21(27-9-8-15-19(24)25-11-26-20(15)27)29-18(16)23(3,28)14-7-6-12-4-5-13(12)10-14/h6-11,16-18,21,28H,4-5H2,1-3H3/t16-,17-,18+,21-,23?/m1/s1. The van der Waals surface area contributed by atoms with E-state index in [1.807, 2.05) is 36.7 Å². The normalized spacial score (nSPS) is 30.6. The molecular weight excluding hydrogens is 418 g/mol. The lowest BCUT2D eigenvalue weighted by Gasteiger charge is -2.35. The van der Waals surface area contributed by atoms with E-state index in [9.17, 15) is 5.11 Å². The Morgan fingerprint density at radius 1 is 1.13 bits per heavy atom. The Kier molecular flexibility index (Phi) is 4.11. The lowest BCUT2D eigenvalue weighted by atomic mass is 9.81. The lowest BCUT2D eigenvalue weighted by molar-refractivity contribution is -0.221. The van der Waals surface area contributed by atoms with Crippen LogP contribution in [0.15, 0.2) is 36.8 Å². The summed E-state index contributed by atoms with van der Waals surface area (Å²) >= 11 is 6.25. The summed E-state index contributed by atoms with van der Waals surface area (Å²) in [5.41, 5.74) is 2.85. The summed E-state index contributed by atoms with van der Waals surface area (Å²) in [5.74, 6) is -0.790. The number of aromatic nitrogens is 3. The highest BCUT2D eigenvalue weighted by Gasteiger charge is 2.60. The van der Waals surface area contributed by atoms with Gasteiger partial charge in [-0.1, -0.05) is 29.8 Å². The predicted molar refractivity (Wildman–Crippen MR) is 114 cm³/mol. The van der Waals surface area contributed by atoms with Gasteiger partial charge in [0.1, 0.15) is 41.0 Å². The van der Waals surface area contributed by atoms with Crippen LogP contribution in [0.2, 0.25) is 5.15 Å². The van der Waals surface area contributed by atoms with E-state index in [0.717, 1.165) is 23.8 Å². The van der Waals surface area contributed by atoms with Gasteiger partial charge in [0, 0.05) is 6.20 Å². The predicted octanol–water partition coefficient (Wildman–Crippen LogP) is 3.51. The fourth-order valence-corrected chi connectivity index (χ4v) is 5.26. The quantitative estimate of drug-likeness (QED) is 0.627.